The van der Waals surface area contributed by atoms with Crippen LogP contribution in [0.25, 0.3) is 21.9 Å². The zero-order valence-electron chi connectivity index (χ0n) is 23.0. The number of hydrogen-bond acceptors (Lipinski definition) is 5. The second-order valence-electron chi connectivity index (χ2n) is 10.7. The Balaban J connectivity index is 1.17. The summed E-state index contributed by atoms with van der Waals surface area (Å²) < 4.78 is 0. The molecule has 0 radical (unpaired) electrons. The summed E-state index contributed by atoms with van der Waals surface area (Å²) in [4.78, 5) is 41.5. The maximum absolute atomic E-state index is 12.8. The number of benzene rings is 3. The number of carboxylic acid groups (broad SMARTS) is 1. The van der Waals surface area contributed by atoms with Crippen molar-refractivity contribution in [3.63, 3.8) is 0 Å². The normalized spacial score (nSPS) is 17.1. The highest BCUT2D eigenvalue weighted by Crippen LogP contribution is 2.30. The van der Waals surface area contributed by atoms with E-state index in [1.54, 1.807) is 6.20 Å². The molecule has 2 unspecified atom stereocenters. The van der Waals surface area contributed by atoms with E-state index in [0.717, 1.165) is 46.1 Å². The van der Waals surface area contributed by atoms with Crippen molar-refractivity contribution in [2.75, 3.05) is 11.9 Å². The molecule has 1 heterocycles. The van der Waals surface area contributed by atoms with Crippen LogP contribution in [0.4, 0.5) is 5.82 Å². The highest BCUT2D eigenvalue weighted by atomic mass is 16.4. The van der Waals surface area contributed by atoms with Crippen molar-refractivity contribution < 1.29 is 19.5 Å². The summed E-state index contributed by atoms with van der Waals surface area (Å²) in [5.74, 6) is -1.02. The Kier molecular flexibility index (Phi) is 8.58. The van der Waals surface area contributed by atoms with Crippen LogP contribution in [0.1, 0.15) is 42.9 Å². The molecule has 0 aliphatic heterocycles. The van der Waals surface area contributed by atoms with Crippen molar-refractivity contribution in [1.29, 1.82) is 0 Å². The van der Waals surface area contributed by atoms with Gasteiger partial charge in [0.25, 0.3) is 0 Å². The number of nitrogens with one attached hydrogen (secondary N) is 3. The standard InChI is InChI=1S/C33H34N4O4/c1-21-15-16-34-30(17-21)36-26-14-13-25(18-26)33(41)35-20-31(38)37-29(19-32(39)40)24-11-9-23(10-12-24)28-8-4-6-22-5-2-3-7-27(22)28/h2-12,15-17,25-26,29H,13-14,18-20H2,1H3,(H,34,36)(H,35,41)(H,37,38)(H,39,40)/t25?,26?,29-/m0/s1. The number of aryl methyl sites for hydroxylation is 1. The number of aromatic nitrogens is 1. The molecule has 8 nitrogen and oxygen atoms in total. The molecular weight excluding hydrogens is 516 g/mol. The zero-order chi connectivity index (χ0) is 28.8. The third-order valence-corrected chi connectivity index (χ3v) is 7.62. The molecule has 1 aliphatic carbocycles. The Morgan fingerprint density at radius 3 is 2.54 bits per heavy atom. The average Bonchev–Trinajstić information content (AvgIpc) is 3.44. The van der Waals surface area contributed by atoms with Gasteiger partial charge in [0.2, 0.25) is 11.8 Å². The molecule has 5 rings (SSSR count). The van der Waals surface area contributed by atoms with Gasteiger partial charge in [0.1, 0.15) is 5.82 Å². The first-order chi connectivity index (χ1) is 19.9. The van der Waals surface area contributed by atoms with Crippen molar-refractivity contribution in [3.05, 3.63) is 96.2 Å². The van der Waals surface area contributed by atoms with Gasteiger partial charge < -0.3 is 21.1 Å². The first kappa shape index (κ1) is 27.8. The van der Waals surface area contributed by atoms with Crippen molar-refractivity contribution in [2.24, 2.45) is 5.92 Å². The number of hydrogen-bond donors (Lipinski definition) is 4. The monoisotopic (exact) mass is 550 g/mol. The van der Waals surface area contributed by atoms with Crippen LogP contribution in [-0.2, 0) is 14.4 Å². The summed E-state index contributed by atoms with van der Waals surface area (Å²) in [6, 6.07) is 25.2. The van der Waals surface area contributed by atoms with E-state index >= 15 is 0 Å². The SMILES string of the molecule is Cc1ccnc(NC2CCC(C(=O)NCC(=O)N[C@@H](CC(=O)O)c3ccc(-c4cccc5ccccc45)cc3)C2)c1. The molecule has 0 spiro atoms. The summed E-state index contributed by atoms with van der Waals surface area (Å²) in [5.41, 5.74) is 3.88. The number of amides is 2. The molecule has 1 fully saturated rings. The van der Waals surface area contributed by atoms with Crippen LogP contribution in [0.5, 0.6) is 0 Å². The van der Waals surface area contributed by atoms with E-state index in [9.17, 15) is 19.5 Å². The minimum atomic E-state index is -1.02. The van der Waals surface area contributed by atoms with Crippen molar-refractivity contribution >= 4 is 34.4 Å². The fourth-order valence-corrected chi connectivity index (χ4v) is 5.53. The first-order valence-corrected chi connectivity index (χ1v) is 13.9. The van der Waals surface area contributed by atoms with Gasteiger partial charge in [-0.25, -0.2) is 4.98 Å². The van der Waals surface area contributed by atoms with Gasteiger partial charge in [-0.1, -0.05) is 66.7 Å². The third-order valence-electron chi connectivity index (χ3n) is 7.62. The van der Waals surface area contributed by atoms with E-state index < -0.39 is 17.9 Å². The second kappa shape index (κ2) is 12.6. The smallest absolute Gasteiger partial charge is 0.305 e. The number of aliphatic carboxylic acids is 1. The van der Waals surface area contributed by atoms with Crippen LogP contribution in [0.3, 0.4) is 0 Å². The molecule has 4 aromatic rings. The number of rotatable bonds is 10. The van der Waals surface area contributed by atoms with Gasteiger partial charge in [0.05, 0.1) is 19.0 Å². The van der Waals surface area contributed by atoms with E-state index in [2.05, 4.69) is 45.2 Å². The lowest BCUT2D eigenvalue weighted by molar-refractivity contribution is -0.138. The maximum atomic E-state index is 12.8. The summed E-state index contributed by atoms with van der Waals surface area (Å²) in [7, 11) is 0. The molecular formula is C33H34N4O4. The molecule has 41 heavy (non-hydrogen) atoms. The van der Waals surface area contributed by atoms with Crippen LogP contribution in [0.2, 0.25) is 0 Å². The van der Waals surface area contributed by atoms with Crippen LogP contribution >= 0.6 is 0 Å². The van der Waals surface area contributed by atoms with E-state index in [4.69, 9.17) is 0 Å². The number of carbonyl (C=O) groups excluding carboxylic acids is 2. The molecule has 3 aromatic carbocycles. The van der Waals surface area contributed by atoms with Gasteiger partial charge in [0, 0.05) is 18.2 Å². The van der Waals surface area contributed by atoms with Gasteiger partial charge >= 0.3 is 5.97 Å². The zero-order valence-corrected chi connectivity index (χ0v) is 23.0. The minimum Gasteiger partial charge on any atom is -0.481 e. The van der Waals surface area contributed by atoms with E-state index in [1.807, 2.05) is 61.5 Å². The molecule has 0 saturated heterocycles. The van der Waals surface area contributed by atoms with Gasteiger partial charge in [-0.05, 0) is 71.3 Å². The lowest BCUT2D eigenvalue weighted by Gasteiger charge is -2.19. The number of nitrogens with zero attached hydrogens (tertiary/aromatic N) is 1. The fraction of sp³-hybridized carbons (Fsp3) is 0.273. The van der Waals surface area contributed by atoms with Gasteiger partial charge in [-0.3, -0.25) is 14.4 Å². The van der Waals surface area contributed by atoms with E-state index in [0.29, 0.717) is 12.0 Å². The van der Waals surface area contributed by atoms with E-state index in [1.165, 1.54) is 0 Å². The highest BCUT2D eigenvalue weighted by Gasteiger charge is 2.30. The van der Waals surface area contributed by atoms with E-state index in [-0.39, 0.29) is 30.8 Å². The molecule has 0 bridgehead atoms. The Labute approximate surface area is 239 Å². The molecule has 210 valence electrons. The van der Waals surface area contributed by atoms with Crippen LogP contribution < -0.4 is 16.0 Å². The summed E-state index contributed by atoms with van der Waals surface area (Å²) in [6.07, 6.45) is 3.72. The molecule has 1 aliphatic rings. The number of pyridine rings is 1. The summed E-state index contributed by atoms with van der Waals surface area (Å²) in [6.45, 7) is 1.79. The molecule has 1 aromatic heterocycles. The highest BCUT2D eigenvalue weighted by molar-refractivity contribution is 5.96. The minimum absolute atomic E-state index is 0.144. The molecule has 1 saturated carbocycles. The van der Waals surface area contributed by atoms with Crippen molar-refractivity contribution in [2.45, 2.75) is 44.7 Å². The van der Waals surface area contributed by atoms with Crippen molar-refractivity contribution in [1.82, 2.24) is 15.6 Å². The number of carboxylic acids is 1. The molecule has 3 atom stereocenters. The Bertz CT molecular complexity index is 1550. The molecule has 4 N–H and O–H groups in total. The average molecular weight is 551 g/mol. The predicted molar refractivity (Wildman–Crippen MR) is 159 cm³/mol. The van der Waals surface area contributed by atoms with Gasteiger partial charge in [-0.15, -0.1) is 0 Å². The Hall–Kier alpha value is -4.72. The van der Waals surface area contributed by atoms with Gasteiger partial charge in [0.15, 0.2) is 0 Å². The largest absolute Gasteiger partial charge is 0.481 e. The van der Waals surface area contributed by atoms with Crippen LogP contribution in [0, 0.1) is 12.8 Å². The first-order valence-electron chi connectivity index (χ1n) is 13.9. The second-order valence-corrected chi connectivity index (χ2v) is 10.7. The predicted octanol–water partition coefficient (Wildman–Crippen LogP) is 5.24. The fourth-order valence-electron chi connectivity index (χ4n) is 5.53. The lowest BCUT2D eigenvalue weighted by Crippen LogP contribution is -2.41. The topological polar surface area (TPSA) is 120 Å². The number of carbonyl (C=O) groups is 3. The summed E-state index contributed by atoms with van der Waals surface area (Å²) in [5, 5.41) is 20.7. The maximum Gasteiger partial charge on any atom is 0.305 e. The van der Waals surface area contributed by atoms with Gasteiger partial charge in [-0.2, -0.15) is 0 Å². The number of anilines is 1. The Morgan fingerprint density at radius 2 is 1.76 bits per heavy atom. The third kappa shape index (κ3) is 7.08. The van der Waals surface area contributed by atoms with Crippen LogP contribution in [0.15, 0.2) is 85.1 Å². The molecule has 2 amide bonds. The summed E-state index contributed by atoms with van der Waals surface area (Å²) >= 11 is 0. The Morgan fingerprint density at radius 1 is 0.976 bits per heavy atom. The number of fused-ring (bicyclic) bond motifs is 1. The molecule has 8 heteroatoms. The lowest BCUT2D eigenvalue weighted by atomic mass is 9.95. The quantitative estimate of drug-likeness (QED) is 0.214. The van der Waals surface area contributed by atoms with Crippen molar-refractivity contribution in [3.8, 4) is 11.1 Å². The van der Waals surface area contributed by atoms with Crippen LogP contribution in [-0.4, -0.2) is 40.5 Å².